The van der Waals surface area contributed by atoms with Crippen LogP contribution in [-0.4, -0.2) is 47.5 Å². The Morgan fingerprint density at radius 3 is 2.79 bits per heavy atom. The molecular weight excluding hydrogens is 375 g/mol. The maximum absolute atomic E-state index is 14.6. The summed E-state index contributed by atoms with van der Waals surface area (Å²) in [5, 5.41) is 0.827. The summed E-state index contributed by atoms with van der Waals surface area (Å²) < 4.78 is 14.6. The molecule has 1 aromatic carbocycles. The van der Waals surface area contributed by atoms with Crippen LogP contribution in [0.15, 0.2) is 24.3 Å². The molecule has 3 atom stereocenters. The first-order chi connectivity index (χ1) is 13.7. The third-order valence-corrected chi connectivity index (χ3v) is 7.68. The number of fused-ring (bicyclic) bond motifs is 2. The molecule has 2 N–H and O–H groups in total. The number of piperidine rings is 1. The molecule has 2 saturated heterocycles. The molecule has 5 nitrogen and oxygen atoms in total. The number of hydrogen-bond acceptors (Lipinski definition) is 5. The summed E-state index contributed by atoms with van der Waals surface area (Å²) in [6.07, 6.45) is 5.47. The lowest BCUT2D eigenvalue weighted by Crippen LogP contribution is -2.48. The molecule has 0 radical (unpaired) electrons. The first-order valence-corrected chi connectivity index (χ1v) is 11.0. The minimum absolute atomic E-state index is 0.0802. The average molecular weight is 401 g/mol. The highest BCUT2D eigenvalue weighted by atomic mass is 32.1. The van der Waals surface area contributed by atoms with E-state index in [9.17, 15) is 9.18 Å². The van der Waals surface area contributed by atoms with Crippen LogP contribution in [0.25, 0.3) is 10.4 Å². The second kappa shape index (κ2) is 7.12. The van der Waals surface area contributed by atoms with Gasteiger partial charge in [-0.1, -0.05) is 29.5 Å². The molecule has 3 heterocycles. The zero-order valence-electron chi connectivity index (χ0n) is 15.8. The van der Waals surface area contributed by atoms with Crippen molar-refractivity contribution in [3.05, 3.63) is 35.8 Å². The third-order valence-electron chi connectivity index (χ3n) is 6.53. The van der Waals surface area contributed by atoms with Gasteiger partial charge in [0.1, 0.15) is 11.5 Å². The molecule has 148 valence electrons. The zero-order valence-corrected chi connectivity index (χ0v) is 16.6. The van der Waals surface area contributed by atoms with Gasteiger partial charge in [0.15, 0.2) is 5.13 Å². The van der Waals surface area contributed by atoms with E-state index in [4.69, 9.17) is 10.7 Å². The number of carbonyl (C=O) groups is 1. The van der Waals surface area contributed by atoms with E-state index in [1.165, 1.54) is 17.4 Å². The summed E-state index contributed by atoms with van der Waals surface area (Å²) in [6, 6.07) is 6.99. The Bertz CT molecular complexity index is 894. The van der Waals surface area contributed by atoms with Gasteiger partial charge in [0.25, 0.3) is 5.91 Å². The summed E-state index contributed by atoms with van der Waals surface area (Å²) in [4.78, 5) is 23.2. The van der Waals surface area contributed by atoms with Crippen molar-refractivity contribution in [2.45, 2.75) is 44.2 Å². The standard InChI is InChI=1S/C21H25FN4OS/c22-16-6-2-1-5-15(16)19-18(24-21(28-19)25-9-3-4-10-25)20(27)26-14-8-7-13(11-14)17(26)12-23/h1-2,5-6,13-14,17H,3-4,7-12,23H2/t13-,14+,17+/m1/s1. The first kappa shape index (κ1) is 18.1. The van der Waals surface area contributed by atoms with E-state index in [-0.39, 0.29) is 23.8 Å². The normalized spacial score (nSPS) is 26.4. The number of carbonyl (C=O) groups excluding carboxylic acids is 1. The zero-order chi connectivity index (χ0) is 19.3. The second-order valence-corrected chi connectivity index (χ2v) is 9.07. The minimum Gasteiger partial charge on any atom is -0.348 e. The fraction of sp³-hybridized carbons (Fsp3) is 0.524. The maximum Gasteiger partial charge on any atom is 0.274 e. The van der Waals surface area contributed by atoms with Crippen LogP contribution < -0.4 is 10.6 Å². The third kappa shape index (κ3) is 2.83. The summed E-state index contributed by atoms with van der Waals surface area (Å²) in [5.41, 5.74) is 6.88. The van der Waals surface area contributed by atoms with Crippen LogP contribution in [-0.2, 0) is 0 Å². The van der Waals surface area contributed by atoms with E-state index in [1.54, 1.807) is 12.1 Å². The molecule has 3 fully saturated rings. The molecule has 3 aliphatic rings. The number of nitrogens with two attached hydrogens (primary N) is 1. The molecule has 1 aromatic heterocycles. The molecule has 2 bridgehead atoms. The average Bonchev–Trinajstić information content (AvgIpc) is 3.50. The fourth-order valence-corrected chi connectivity index (χ4v) is 6.30. The molecule has 5 rings (SSSR count). The van der Waals surface area contributed by atoms with E-state index >= 15 is 0 Å². The molecule has 0 unspecified atom stereocenters. The Hall–Kier alpha value is -1.99. The highest BCUT2D eigenvalue weighted by molar-refractivity contribution is 7.19. The van der Waals surface area contributed by atoms with Gasteiger partial charge in [0.05, 0.1) is 4.88 Å². The Balaban J connectivity index is 1.57. The van der Waals surface area contributed by atoms with Crippen molar-refractivity contribution < 1.29 is 9.18 Å². The summed E-state index contributed by atoms with van der Waals surface area (Å²) >= 11 is 1.44. The highest BCUT2D eigenvalue weighted by Crippen LogP contribution is 2.44. The highest BCUT2D eigenvalue weighted by Gasteiger charge is 2.48. The SMILES string of the molecule is NC[C@H]1[C@@H]2CC[C@@H](C2)N1C(=O)c1nc(N2CCCC2)sc1-c1ccccc1F. The lowest BCUT2D eigenvalue weighted by Gasteiger charge is -2.34. The van der Waals surface area contributed by atoms with E-state index in [2.05, 4.69) is 4.90 Å². The number of likely N-dealkylation sites (tertiary alicyclic amines) is 1. The van der Waals surface area contributed by atoms with Gasteiger partial charge in [-0.05, 0) is 44.1 Å². The van der Waals surface area contributed by atoms with Crippen LogP contribution in [0.2, 0.25) is 0 Å². The maximum atomic E-state index is 14.6. The molecule has 0 spiro atoms. The van der Waals surface area contributed by atoms with Gasteiger partial charge in [-0.25, -0.2) is 9.37 Å². The number of benzene rings is 1. The first-order valence-electron chi connectivity index (χ1n) is 10.2. The van der Waals surface area contributed by atoms with E-state index in [1.807, 2.05) is 11.0 Å². The van der Waals surface area contributed by atoms with Crippen molar-refractivity contribution in [3.8, 4) is 10.4 Å². The molecular formula is C21H25FN4OS. The number of amides is 1. The topological polar surface area (TPSA) is 62.5 Å². The lowest BCUT2D eigenvalue weighted by atomic mass is 9.98. The van der Waals surface area contributed by atoms with Crippen molar-refractivity contribution in [1.29, 1.82) is 0 Å². The Morgan fingerprint density at radius 2 is 2.04 bits per heavy atom. The van der Waals surface area contributed by atoms with E-state index < -0.39 is 0 Å². The van der Waals surface area contributed by atoms with Gasteiger partial charge in [-0.2, -0.15) is 0 Å². The van der Waals surface area contributed by atoms with Crippen molar-refractivity contribution in [1.82, 2.24) is 9.88 Å². The Labute approximate surface area is 168 Å². The van der Waals surface area contributed by atoms with Crippen LogP contribution in [0.3, 0.4) is 0 Å². The van der Waals surface area contributed by atoms with Gasteiger partial charge in [-0.15, -0.1) is 0 Å². The summed E-state index contributed by atoms with van der Waals surface area (Å²) in [6.45, 7) is 2.36. The molecule has 1 amide bonds. The molecule has 28 heavy (non-hydrogen) atoms. The van der Waals surface area contributed by atoms with Crippen LogP contribution in [0.4, 0.5) is 9.52 Å². The van der Waals surface area contributed by atoms with E-state index in [0.717, 1.165) is 50.3 Å². The van der Waals surface area contributed by atoms with Crippen molar-refractivity contribution in [3.63, 3.8) is 0 Å². The fourth-order valence-electron chi connectivity index (χ4n) is 5.16. The number of anilines is 1. The van der Waals surface area contributed by atoms with Crippen LogP contribution in [0.5, 0.6) is 0 Å². The summed E-state index contributed by atoms with van der Waals surface area (Å²) in [7, 11) is 0. The summed E-state index contributed by atoms with van der Waals surface area (Å²) in [5.74, 6) is 0.0987. The largest absolute Gasteiger partial charge is 0.348 e. The van der Waals surface area contributed by atoms with Crippen LogP contribution in [0, 0.1) is 11.7 Å². The van der Waals surface area contributed by atoms with E-state index in [0.29, 0.717) is 28.6 Å². The Kier molecular flexibility index (Phi) is 4.59. The van der Waals surface area contributed by atoms with Gasteiger partial charge in [0, 0.05) is 37.3 Å². The molecule has 2 aromatic rings. The number of thiazole rings is 1. The minimum atomic E-state index is -0.313. The Morgan fingerprint density at radius 1 is 1.25 bits per heavy atom. The molecule has 2 aliphatic heterocycles. The number of rotatable bonds is 4. The van der Waals surface area contributed by atoms with Crippen LogP contribution in [0.1, 0.15) is 42.6 Å². The molecule has 1 saturated carbocycles. The number of aromatic nitrogens is 1. The predicted molar refractivity (Wildman–Crippen MR) is 109 cm³/mol. The number of hydrogen-bond donors (Lipinski definition) is 1. The smallest absolute Gasteiger partial charge is 0.274 e. The van der Waals surface area contributed by atoms with Crippen LogP contribution >= 0.6 is 11.3 Å². The van der Waals surface area contributed by atoms with Crippen molar-refractivity contribution in [2.75, 3.05) is 24.5 Å². The van der Waals surface area contributed by atoms with Crippen molar-refractivity contribution in [2.24, 2.45) is 11.7 Å². The van der Waals surface area contributed by atoms with Crippen molar-refractivity contribution >= 4 is 22.4 Å². The number of halogens is 1. The molecule has 1 aliphatic carbocycles. The monoisotopic (exact) mass is 400 g/mol. The lowest BCUT2D eigenvalue weighted by molar-refractivity contribution is 0.0598. The quantitative estimate of drug-likeness (QED) is 0.853. The molecule has 7 heteroatoms. The predicted octanol–water partition coefficient (Wildman–Crippen LogP) is 3.50. The van der Waals surface area contributed by atoms with Gasteiger partial charge in [0.2, 0.25) is 0 Å². The second-order valence-electron chi connectivity index (χ2n) is 8.09. The van der Waals surface area contributed by atoms with Gasteiger partial charge < -0.3 is 15.5 Å². The number of nitrogens with zero attached hydrogens (tertiary/aromatic N) is 3. The van der Waals surface area contributed by atoms with Gasteiger partial charge in [-0.3, -0.25) is 4.79 Å². The van der Waals surface area contributed by atoms with Gasteiger partial charge >= 0.3 is 0 Å².